The van der Waals surface area contributed by atoms with Gasteiger partial charge in [-0.05, 0) is 6.42 Å². The number of rotatable bonds is 6. The molecule has 2 saturated heterocycles. The average Bonchev–Trinajstić information content (AvgIpc) is 2.60. The molecule has 0 radical (unpaired) electrons. The van der Waals surface area contributed by atoms with Crippen molar-refractivity contribution in [1.82, 2.24) is 14.7 Å². The monoisotopic (exact) mass is 319 g/mol. The van der Waals surface area contributed by atoms with E-state index in [1.165, 1.54) is 0 Å². The summed E-state index contributed by atoms with van der Waals surface area (Å²) < 4.78 is 5.30. The smallest absolute Gasteiger partial charge is 0.236 e. The van der Waals surface area contributed by atoms with Crippen LogP contribution in [0.15, 0.2) is 0 Å². The summed E-state index contributed by atoms with van der Waals surface area (Å²) in [5, 5.41) is 17.8. The summed E-state index contributed by atoms with van der Waals surface area (Å²) in [6.07, 6.45) is 1.05. The Labute approximate surface area is 138 Å². The molecular weight excluding hydrogens is 294 g/mol. The molecule has 7 heteroatoms. The van der Waals surface area contributed by atoms with E-state index in [0.29, 0.717) is 39.1 Å². The van der Waals surface area contributed by atoms with Crippen molar-refractivity contribution in [3.8, 4) is 12.1 Å². The minimum absolute atomic E-state index is 0.0924. The van der Waals surface area contributed by atoms with Gasteiger partial charge in [-0.2, -0.15) is 10.5 Å². The van der Waals surface area contributed by atoms with Crippen molar-refractivity contribution in [3.05, 3.63) is 0 Å². The first-order valence-corrected chi connectivity index (χ1v) is 8.29. The maximum atomic E-state index is 12.3. The van der Waals surface area contributed by atoms with Gasteiger partial charge in [0, 0.05) is 52.2 Å². The lowest BCUT2D eigenvalue weighted by atomic mass is 10.0. The van der Waals surface area contributed by atoms with Crippen molar-refractivity contribution in [2.45, 2.75) is 12.8 Å². The Morgan fingerprint density at radius 3 is 2.35 bits per heavy atom. The molecule has 2 aliphatic rings. The number of amides is 1. The van der Waals surface area contributed by atoms with Crippen LogP contribution >= 0.6 is 0 Å². The largest absolute Gasteiger partial charge is 0.379 e. The third kappa shape index (κ3) is 5.80. The average molecular weight is 319 g/mol. The molecule has 0 bridgehead atoms. The zero-order valence-corrected chi connectivity index (χ0v) is 13.6. The predicted molar refractivity (Wildman–Crippen MR) is 84.2 cm³/mol. The van der Waals surface area contributed by atoms with Crippen LogP contribution in [0.3, 0.4) is 0 Å². The lowest BCUT2D eigenvalue weighted by Crippen LogP contribution is -2.52. The zero-order chi connectivity index (χ0) is 16.5. The van der Waals surface area contributed by atoms with Crippen LogP contribution in [-0.4, -0.2) is 86.2 Å². The van der Waals surface area contributed by atoms with E-state index in [0.717, 1.165) is 39.3 Å². The van der Waals surface area contributed by atoms with E-state index in [9.17, 15) is 4.79 Å². The van der Waals surface area contributed by atoms with Crippen molar-refractivity contribution < 1.29 is 9.53 Å². The molecule has 0 unspecified atom stereocenters. The molecular formula is C16H25N5O2. The van der Waals surface area contributed by atoms with Gasteiger partial charge in [-0.25, -0.2) is 0 Å². The quantitative estimate of drug-likeness (QED) is 0.680. The number of ether oxygens (including phenoxy) is 1. The van der Waals surface area contributed by atoms with E-state index in [1.807, 2.05) is 4.90 Å². The van der Waals surface area contributed by atoms with Gasteiger partial charge in [0.25, 0.3) is 0 Å². The number of nitriles is 2. The summed E-state index contributed by atoms with van der Waals surface area (Å²) in [6, 6.07) is 4.37. The highest BCUT2D eigenvalue weighted by Gasteiger charge is 2.24. The number of piperazine rings is 1. The molecule has 2 aliphatic heterocycles. The van der Waals surface area contributed by atoms with Crippen LogP contribution in [0.25, 0.3) is 0 Å². The molecule has 7 nitrogen and oxygen atoms in total. The highest BCUT2D eigenvalue weighted by molar-refractivity contribution is 5.78. The molecule has 0 N–H and O–H groups in total. The lowest BCUT2D eigenvalue weighted by molar-refractivity contribution is -0.135. The molecule has 2 rings (SSSR count). The summed E-state index contributed by atoms with van der Waals surface area (Å²) in [4.78, 5) is 18.6. The highest BCUT2D eigenvalue weighted by Crippen LogP contribution is 2.11. The molecule has 0 aromatic rings. The van der Waals surface area contributed by atoms with E-state index in [2.05, 4.69) is 21.9 Å². The van der Waals surface area contributed by atoms with Gasteiger partial charge in [0.05, 0.1) is 37.8 Å². The fourth-order valence-corrected chi connectivity index (χ4v) is 2.98. The predicted octanol–water partition coefficient (Wildman–Crippen LogP) is -0.0936. The van der Waals surface area contributed by atoms with Crippen LogP contribution in [-0.2, 0) is 9.53 Å². The molecule has 1 amide bonds. The zero-order valence-electron chi connectivity index (χ0n) is 13.6. The first-order chi connectivity index (χ1) is 11.2. The Balaban J connectivity index is 1.69. The first kappa shape index (κ1) is 17.7. The van der Waals surface area contributed by atoms with Crippen LogP contribution < -0.4 is 0 Å². The number of hydrogen-bond donors (Lipinski definition) is 0. The molecule has 126 valence electrons. The Bertz CT molecular complexity index is 456. The van der Waals surface area contributed by atoms with Gasteiger partial charge in [0.1, 0.15) is 0 Å². The van der Waals surface area contributed by atoms with Gasteiger partial charge in [0.2, 0.25) is 5.91 Å². The molecule has 0 saturated carbocycles. The number of nitrogens with zero attached hydrogens (tertiary/aromatic N) is 5. The Hall–Kier alpha value is -1.67. The maximum absolute atomic E-state index is 12.3. The second-order valence-electron chi connectivity index (χ2n) is 6.09. The number of morpholine rings is 1. The van der Waals surface area contributed by atoms with Crippen molar-refractivity contribution >= 4 is 5.91 Å². The summed E-state index contributed by atoms with van der Waals surface area (Å²) in [6.45, 7) is 7.30. The third-order valence-corrected chi connectivity index (χ3v) is 4.45. The van der Waals surface area contributed by atoms with E-state index in [-0.39, 0.29) is 11.8 Å². The van der Waals surface area contributed by atoms with Gasteiger partial charge in [-0.1, -0.05) is 0 Å². The summed E-state index contributed by atoms with van der Waals surface area (Å²) in [5.74, 6) is 0.0955. The number of carbonyl (C=O) groups is 1. The highest BCUT2D eigenvalue weighted by atomic mass is 16.5. The SMILES string of the molecule is N#CCC[C@@H](C#N)CN1CCN(C(=O)CN2CCOCC2)CC1. The normalized spacial score (nSPS) is 21.4. The Morgan fingerprint density at radius 1 is 1.04 bits per heavy atom. The van der Waals surface area contributed by atoms with Gasteiger partial charge >= 0.3 is 0 Å². The van der Waals surface area contributed by atoms with E-state index >= 15 is 0 Å². The fraction of sp³-hybridized carbons (Fsp3) is 0.812. The molecule has 0 spiro atoms. The van der Waals surface area contributed by atoms with Gasteiger partial charge in [0.15, 0.2) is 0 Å². The number of hydrogen-bond acceptors (Lipinski definition) is 6. The van der Waals surface area contributed by atoms with Gasteiger partial charge < -0.3 is 9.64 Å². The van der Waals surface area contributed by atoms with Crippen molar-refractivity contribution in [3.63, 3.8) is 0 Å². The van der Waals surface area contributed by atoms with Crippen LogP contribution in [0.5, 0.6) is 0 Å². The van der Waals surface area contributed by atoms with Crippen LogP contribution in [0.2, 0.25) is 0 Å². The first-order valence-electron chi connectivity index (χ1n) is 8.29. The van der Waals surface area contributed by atoms with E-state index in [1.54, 1.807) is 0 Å². The van der Waals surface area contributed by atoms with Gasteiger partial charge in [-0.15, -0.1) is 0 Å². The third-order valence-electron chi connectivity index (χ3n) is 4.45. The van der Waals surface area contributed by atoms with Crippen LogP contribution in [0.1, 0.15) is 12.8 Å². The molecule has 2 fully saturated rings. The van der Waals surface area contributed by atoms with Crippen molar-refractivity contribution in [1.29, 1.82) is 10.5 Å². The number of carbonyl (C=O) groups excluding carboxylic acids is 1. The minimum atomic E-state index is -0.0924. The molecule has 0 aromatic carbocycles. The summed E-state index contributed by atoms with van der Waals surface area (Å²) in [5.41, 5.74) is 0. The molecule has 0 aromatic heterocycles. The van der Waals surface area contributed by atoms with Crippen molar-refractivity contribution in [2.24, 2.45) is 5.92 Å². The summed E-state index contributed by atoms with van der Waals surface area (Å²) >= 11 is 0. The second-order valence-corrected chi connectivity index (χ2v) is 6.09. The summed E-state index contributed by atoms with van der Waals surface area (Å²) in [7, 11) is 0. The van der Waals surface area contributed by atoms with Crippen molar-refractivity contribution in [2.75, 3.05) is 65.6 Å². The topological polar surface area (TPSA) is 83.6 Å². The van der Waals surface area contributed by atoms with Gasteiger partial charge in [-0.3, -0.25) is 14.6 Å². The van der Waals surface area contributed by atoms with Crippen LogP contribution in [0, 0.1) is 28.6 Å². The molecule has 1 atom stereocenters. The Morgan fingerprint density at radius 2 is 1.74 bits per heavy atom. The van der Waals surface area contributed by atoms with E-state index in [4.69, 9.17) is 15.3 Å². The second kappa shape index (κ2) is 9.46. The fourth-order valence-electron chi connectivity index (χ4n) is 2.98. The lowest BCUT2D eigenvalue weighted by Gasteiger charge is -2.36. The minimum Gasteiger partial charge on any atom is -0.379 e. The molecule has 0 aliphatic carbocycles. The molecule has 2 heterocycles. The van der Waals surface area contributed by atoms with E-state index < -0.39 is 0 Å². The Kier molecular flexibility index (Phi) is 7.28. The standard InChI is InChI=1S/C16H25N5O2/c17-3-1-2-15(12-18)13-19-4-6-21(7-5-19)16(22)14-20-8-10-23-11-9-20/h15H,1-2,4-11,13-14H2/t15-/m0/s1. The molecule has 23 heavy (non-hydrogen) atoms. The van der Waals surface area contributed by atoms with Crippen LogP contribution in [0.4, 0.5) is 0 Å². The maximum Gasteiger partial charge on any atom is 0.236 e.